The Balaban J connectivity index is 1.78. The zero-order valence-corrected chi connectivity index (χ0v) is 14.6. The van der Waals surface area contributed by atoms with Crippen molar-refractivity contribution >= 4 is 11.9 Å². The van der Waals surface area contributed by atoms with Gasteiger partial charge in [-0.05, 0) is 25.0 Å². The summed E-state index contributed by atoms with van der Waals surface area (Å²) in [6, 6.07) is 3.50. The van der Waals surface area contributed by atoms with E-state index in [0.29, 0.717) is 51.2 Å². The molecule has 136 valence electrons. The second-order valence-corrected chi connectivity index (χ2v) is 6.98. The van der Waals surface area contributed by atoms with E-state index in [2.05, 4.69) is 9.88 Å². The molecular formula is C18H25N3O4. The van der Waals surface area contributed by atoms with Crippen LogP contribution in [-0.2, 0) is 9.53 Å². The van der Waals surface area contributed by atoms with E-state index in [1.807, 2.05) is 0 Å². The molecule has 1 amide bonds. The average molecular weight is 347 g/mol. The van der Waals surface area contributed by atoms with Gasteiger partial charge in [-0.25, -0.2) is 0 Å². The molecule has 2 saturated heterocycles. The van der Waals surface area contributed by atoms with Crippen LogP contribution in [-0.4, -0.2) is 78.2 Å². The highest BCUT2D eigenvalue weighted by Gasteiger charge is 2.53. The second-order valence-electron chi connectivity index (χ2n) is 6.98. The number of aliphatic carboxylic acids is 1. The third kappa shape index (κ3) is 3.52. The van der Waals surface area contributed by atoms with Gasteiger partial charge in [-0.2, -0.15) is 0 Å². The van der Waals surface area contributed by atoms with Crippen LogP contribution in [0.25, 0.3) is 0 Å². The van der Waals surface area contributed by atoms with E-state index in [4.69, 9.17) is 4.74 Å². The first-order valence-electron chi connectivity index (χ1n) is 8.71. The fourth-order valence-electron chi connectivity index (χ4n) is 4.13. The minimum atomic E-state index is -0.766. The summed E-state index contributed by atoms with van der Waals surface area (Å²) < 4.78 is 5.13. The van der Waals surface area contributed by atoms with Crippen LogP contribution in [0.1, 0.15) is 23.2 Å². The maximum atomic E-state index is 12.8. The predicted molar refractivity (Wildman–Crippen MR) is 91.2 cm³/mol. The van der Waals surface area contributed by atoms with E-state index in [9.17, 15) is 14.7 Å². The number of ether oxygens (including phenoxy) is 1. The molecule has 1 N–H and O–H groups in total. The lowest BCUT2D eigenvalue weighted by molar-refractivity contribution is -0.151. The van der Waals surface area contributed by atoms with Crippen molar-refractivity contribution in [3.8, 4) is 0 Å². The van der Waals surface area contributed by atoms with Gasteiger partial charge in [0.25, 0.3) is 5.91 Å². The molecule has 0 bridgehead atoms. The number of carbonyl (C=O) groups excluding carboxylic acids is 1. The van der Waals surface area contributed by atoms with Gasteiger partial charge in [0.05, 0.1) is 17.6 Å². The van der Waals surface area contributed by atoms with E-state index >= 15 is 0 Å². The summed E-state index contributed by atoms with van der Waals surface area (Å²) in [5, 5.41) is 9.94. The molecule has 25 heavy (non-hydrogen) atoms. The van der Waals surface area contributed by atoms with E-state index in [1.165, 1.54) is 0 Å². The number of pyridine rings is 1. The van der Waals surface area contributed by atoms with Crippen molar-refractivity contribution in [2.45, 2.75) is 12.8 Å². The van der Waals surface area contributed by atoms with Crippen molar-refractivity contribution < 1.29 is 19.4 Å². The molecule has 0 spiro atoms. The summed E-state index contributed by atoms with van der Waals surface area (Å²) in [7, 11) is 1.65. The van der Waals surface area contributed by atoms with E-state index in [0.717, 1.165) is 6.54 Å². The molecule has 7 heteroatoms. The molecule has 0 unspecified atom stereocenters. The van der Waals surface area contributed by atoms with Gasteiger partial charge < -0.3 is 14.7 Å². The van der Waals surface area contributed by atoms with Crippen LogP contribution in [0, 0.1) is 11.3 Å². The van der Waals surface area contributed by atoms with Crippen molar-refractivity contribution in [2.75, 3.05) is 46.4 Å². The lowest BCUT2D eigenvalue weighted by Crippen LogP contribution is -2.42. The zero-order chi connectivity index (χ0) is 17.9. The molecule has 0 aliphatic carbocycles. The zero-order valence-electron chi connectivity index (χ0n) is 14.6. The number of carboxylic acids is 1. The monoisotopic (exact) mass is 347 g/mol. The van der Waals surface area contributed by atoms with Gasteiger partial charge in [-0.3, -0.25) is 19.5 Å². The first kappa shape index (κ1) is 17.8. The number of aromatic nitrogens is 1. The molecule has 1 aromatic heterocycles. The van der Waals surface area contributed by atoms with Crippen LogP contribution < -0.4 is 0 Å². The summed E-state index contributed by atoms with van der Waals surface area (Å²) in [6.07, 6.45) is 4.51. The summed E-state index contributed by atoms with van der Waals surface area (Å²) in [5.41, 5.74) is -0.211. The van der Waals surface area contributed by atoms with E-state index in [-0.39, 0.29) is 11.8 Å². The molecule has 2 fully saturated rings. The molecule has 0 aromatic carbocycles. The van der Waals surface area contributed by atoms with Gasteiger partial charge in [-0.15, -0.1) is 0 Å². The van der Waals surface area contributed by atoms with Crippen molar-refractivity contribution in [2.24, 2.45) is 11.3 Å². The average Bonchev–Trinajstić information content (AvgIpc) is 2.88. The van der Waals surface area contributed by atoms with Crippen molar-refractivity contribution in [3.05, 3.63) is 30.1 Å². The molecule has 2 aliphatic heterocycles. The summed E-state index contributed by atoms with van der Waals surface area (Å²) >= 11 is 0. The minimum Gasteiger partial charge on any atom is -0.481 e. The lowest BCUT2D eigenvalue weighted by Gasteiger charge is -2.29. The molecule has 0 saturated carbocycles. The molecule has 7 nitrogen and oxygen atoms in total. The van der Waals surface area contributed by atoms with Gasteiger partial charge in [0, 0.05) is 58.1 Å². The number of likely N-dealkylation sites (tertiary alicyclic amines) is 2. The first-order valence-corrected chi connectivity index (χ1v) is 8.71. The predicted octanol–water partition coefficient (Wildman–Crippen LogP) is 0.967. The fraction of sp³-hybridized carbons (Fsp3) is 0.611. The standard InChI is InChI=1S/C18H25N3O4/c1-25-9-8-20-11-15-12-21(16(22)14-4-2-6-19-10-14)7-3-5-18(15,13-20)17(23)24/h2,4,6,10,15H,3,5,7-9,11-13H2,1H3,(H,23,24)/t15-,18+/m0/s1. The van der Waals surface area contributed by atoms with Crippen molar-refractivity contribution in [3.63, 3.8) is 0 Å². The van der Waals surface area contributed by atoms with Gasteiger partial charge in [-0.1, -0.05) is 0 Å². The van der Waals surface area contributed by atoms with E-state index < -0.39 is 11.4 Å². The number of amides is 1. The SMILES string of the molecule is COCCN1C[C@H]2CN(C(=O)c3cccnc3)CCC[C@@]2(C(=O)O)C1. The van der Waals surface area contributed by atoms with Crippen LogP contribution in [0.5, 0.6) is 0 Å². The highest BCUT2D eigenvalue weighted by atomic mass is 16.5. The first-order chi connectivity index (χ1) is 12.1. The smallest absolute Gasteiger partial charge is 0.311 e. The third-order valence-electron chi connectivity index (χ3n) is 5.49. The number of carbonyl (C=O) groups is 2. The fourth-order valence-corrected chi connectivity index (χ4v) is 4.13. The Morgan fingerprint density at radius 3 is 2.96 bits per heavy atom. The number of methoxy groups -OCH3 is 1. The summed E-state index contributed by atoms with van der Waals surface area (Å²) in [6.45, 7) is 3.60. The Morgan fingerprint density at radius 2 is 2.28 bits per heavy atom. The maximum Gasteiger partial charge on any atom is 0.311 e. The maximum absolute atomic E-state index is 12.8. The second kappa shape index (κ2) is 7.49. The van der Waals surface area contributed by atoms with Crippen LogP contribution in [0.4, 0.5) is 0 Å². The van der Waals surface area contributed by atoms with Crippen molar-refractivity contribution in [1.29, 1.82) is 0 Å². The molecule has 3 heterocycles. The Labute approximate surface area is 147 Å². The molecule has 1 aromatic rings. The normalized spacial score (nSPS) is 26.9. The highest BCUT2D eigenvalue weighted by Crippen LogP contribution is 2.43. The topological polar surface area (TPSA) is 83.0 Å². The third-order valence-corrected chi connectivity index (χ3v) is 5.49. The molecular weight excluding hydrogens is 322 g/mol. The van der Waals surface area contributed by atoms with Gasteiger partial charge in [0.1, 0.15) is 0 Å². The Bertz CT molecular complexity index is 624. The number of nitrogens with zero attached hydrogens (tertiary/aromatic N) is 3. The quantitative estimate of drug-likeness (QED) is 0.854. The Kier molecular flexibility index (Phi) is 5.34. The molecule has 3 rings (SSSR count). The molecule has 0 radical (unpaired) electrons. The van der Waals surface area contributed by atoms with Crippen LogP contribution in [0.3, 0.4) is 0 Å². The van der Waals surface area contributed by atoms with Crippen LogP contribution >= 0.6 is 0 Å². The Morgan fingerprint density at radius 1 is 1.44 bits per heavy atom. The van der Waals surface area contributed by atoms with E-state index in [1.54, 1.807) is 36.5 Å². The lowest BCUT2D eigenvalue weighted by atomic mass is 9.75. The summed E-state index contributed by atoms with van der Waals surface area (Å²) in [5.74, 6) is -0.872. The molecule has 2 atom stereocenters. The van der Waals surface area contributed by atoms with Gasteiger partial charge in [0.2, 0.25) is 0 Å². The van der Waals surface area contributed by atoms with Crippen LogP contribution in [0.15, 0.2) is 24.5 Å². The number of carboxylic acid groups (broad SMARTS) is 1. The van der Waals surface area contributed by atoms with Gasteiger partial charge in [0.15, 0.2) is 0 Å². The largest absolute Gasteiger partial charge is 0.481 e. The number of hydrogen-bond acceptors (Lipinski definition) is 5. The number of rotatable bonds is 5. The number of hydrogen-bond donors (Lipinski definition) is 1. The van der Waals surface area contributed by atoms with Crippen molar-refractivity contribution in [1.82, 2.24) is 14.8 Å². The highest BCUT2D eigenvalue weighted by molar-refractivity contribution is 5.94. The van der Waals surface area contributed by atoms with Gasteiger partial charge >= 0.3 is 5.97 Å². The number of fused-ring (bicyclic) bond motifs is 1. The molecule has 2 aliphatic rings. The van der Waals surface area contributed by atoms with Crippen LogP contribution in [0.2, 0.25) is 0 Å². The summed E-state index contributed by atoms with van der Waals surface area (Å²) in [4.78, 5) is 32.8. The minimum absolute atomic E-state index is 0.0648. The Hall–Kier alpha value is -1.99.